The predicted octanol–water partition coefficient (Wildman–Crippen LogP) is 9.90. The highest BCUT2D eigenvalue weighted by Gasteiger charge is 2.48. The quantitative estimate of drug-likeness (QED) is 0.0286. The van der Waals surface area contributed by atoms with Crippen LogP contribution in [0, 0.1) is 12.8 Å². The van der Waals surface area contributed by atoms with E-state index < -0.39 is 49.2 Å². The highest BCUT2D eigenvalue weighted by molar-refractivity contribution is 8.77. The second kappa shape index (κ2) is 23.4. The molecule has 414 valence electrons. The van der Waals surface area contributed by atoms with Crippen molar-refractivity contribution in [1.29, 1.82) is 0 Å². The summed E-state index contributed by atoms with van der Waals surface area (Å²) in [5.74, 6) is -0.0704. The fourth-order valence-electron chi connectivity index (χ4n) is 11.1. The molecule has 0 spiro atoms. The van der Waals surface area contributed by atoms with Gasteiger partial charge < -0.3 is 29.3 Å². The molecule has 0 saturated heterocycles. The predicted molar refractivity (Wildman–Crippen MR) is 304 cm³/mol. The van der Waals surface area contributed by atoms with Gasteiger partial charge in [-0.3, -0.25) is 27.9 Å². The monoisotopic (exact) mass is 1140 g/mol. The minimum Gasteiger partial charge on any atom is -0.493 e. The summed E-state index contributed by atoms with van der Waals surface area (Å²) in [4.78, 5) is 57.6. The second-order valence-electron chi connectivity index (χ2n) is 21.0. The fourth-order valence-corrected chi connectivity index (χ4v) is 15.9. The summed E-state index contributed by atoms with van der Waals surface area (Å²) in [7, 11) is -2.55. The average Bonchev–Trinajstić information content (AvgIpc) is 4.18. The van der Waals surface area contributed by atoms with Crippen molar-refractivity contribution in [2.24, 2.45) is 5.92 Å². The van der Waals surface area contributed by atoms with E-state index in [1.165, 1.54) is 7.11 Å². The third-order valence-corrected chi connectivity index (χ3v) is 21.0. The molecule has 0 bridgehead atoms. The summed E-state index contributed by atoms with van der Waals surface area (Å²) in [5, 5.41) is 2.00. The molecule has 9 rings (SSSR count). The minimum atomic E-state index is -4.43. The van der Waals surface area contributed by atoms with Crippen LogP contribution in [-0.4, -0.2) is 92.7 Å². The highest BCUT2D eigenvalue weighted by atomic mass is 33.1. The molecule has 16 nitrogen and oxygen atoms in total. The Morgan fingerprint density at radius 3 is 1.95 bits per heavy atom. The van der Waals surface area contributed by atoms with Gasteiger partial charge in [-0.05, 0) is 153 Å². The van der Waals surface area contributed by atoms with Crippen LogP contribution in [0.2, 0.25) is 0 Å². The molecule has 3 amide bonds. The van der Waals surface area contributed by atoms with Crippen molar-refractivity contribution in [1.82, 2.24) is 0 Å². The number of Topliss-reactive ketones (excluding diaryl/α,β-unsaturated/α-hetero) is 1. The van der Waals surface area contributed by atoms with Crippen LogP contribution in [0.25, 0.3) is 0 Å². The number of hydrogen-bond acceptors (Lipinski definition) is 14. The number of carbonyl (C=O) groups is 4. The maximum absolute atomic E-state index is 14.5. The molecule has 0 saturated carbocycles. The first-order valence-electron chi connectivity index (χ1n) is 26.1. The maximum atomic E-state index is 14.5. The Bertz CT molecular complexity index is 3380. The van der Waals surface area contributed by atoms with E-state index in [0.29, 0.717) is 93.9 Å². The van der Waals surface area contributed by atoms with Crippen molar-refractivity contribution in [2.45, 2.75) is 121 Å². The Hall–Kier alpha value is -5.90. The summed E-state index contributed by atoms with van der Waals surface area (Å²) >= 11 is 0. The highest BCUT2D eigenvalue weighted by Crippen LogP contribution is 2.45. The number of ether oxygens (including phenoxy) is 3. The number of ketones is 1. The summed E-state index contributed by atoms with van der Waals surface area (Å²) in [5.41, 5.74) is 7.31. The van der Waals surface area contributed by atoms with E-state index in [9.17, 15) is 40.6 Å². The van der Waals surface area contributed by atoms with Gasteiger partial charge in [0.25, 0.3) is 32.1 Å². The third-order valence-electron chi connectivity index (χ3n) is 15.1. The minimum absolute atomic E-state index is 0.0000640. The zero-order valence-corrected chi connectivity index (χ0v) is 47.8. The van der Waals surface area contributed by atoms with Crippen LogP contribution in [0.1, 0.15) is 113 Å². The molecule has 2 unspecified atom stereocenters. The van der Waals surface area contributed by atoms with Crippen molar-refractivity contribution in [3.63, 3.8) is 0 Å². The standard InChI is InChI=1S/C58H65N3O13S4/c1-7-44(62)18-19-58(3,4)76-75-20-12-17-55(63)59-43-23-36(32-73-51-28-41-30-54(78(69,70)72-6)50-27-39-14-9-11-16-48(39)61(50)56(64)45(41)21-35(51)2)22-37(24-43)33-74-53-29-40-25-42(34-77(66,67)68)49-26-38-13-8-10-15-47(38)60(49)57(65)46(40)31-52(53)71-5/h8-11,13-16,21-24,28-29,31,42,49-50,54H,7,12,17-20,25-27,30,32-34H2,1-6H3,(H,59,63)(H,66,67,68)/t42?,49-,50-,54?/m0/s1. The molecule has 0 aliphatic carbocycles. The molecule has 78 heavy (non-hydrogen) atoms. The number of anilines is 3. The summed E-state index contributed by atoms with van der Waals surface area (Å²) in [6.07, 6.45) is 3.64. The lowest BCUT2D eigenvalue weighted by molar-refractivity contribution is -0.119. The molecule has 0 radical (unpaired) electrons. The summed E-state index contributed by atoms with van der Waals surface area (Å²) in [6, 6.07) is 25.9. The van der Waals surface area contributed by atoms with Gasteiger partial charge in [0.2, 0.25) is 5.91 Å². The van der Waals surface area contributed by atoms with E-state index in [-0.39, 0.29) is 72.2 Å². The van der Waals surface area contributed by atoms with E-state index in [0.717, 1.165) is 30.4 Å². The number of hydrogen-bond donors (Lipinski definition) is 2. The first-order valence-corrected chi connectivity index (χ1v) is 31.5. The normalized spacial score (nSPS) is 18.7. The van der Waals surface area contributed by atoms with Crippen LogP contribution in [-0.2, 0) is 72.9 Å². The number of carbonyl (C=O) groups excluding carboxylic acids is 4. The smallest absolute Gasteiger partial charge is 0.272 e. The van der Waals surface area contributed by atoms with Gasteiger partial charge in [0.15, 0.2) is 11.5 Å². The van der Waals surface area contributed by atoms with Crippen molar-refractivity contribution in [3.8, 4) is 17.2 Å². The maximum Gasteiger partial charge on any atom is 0.272 e. The number of amides is 3. The van der Waals surface area contributed by atoms with Gasteiger partial charge in [0.05, 0.1) is 26.0 Å². The Labute approximate surface area is 464 Å². The summed E-state index contributed by atoms with van der Waals surface area (Å²) in [6.45, 7) is 7.89. The Morgan fingerprint density at radius 1 is 0.731 bits per heavy atom. The fraction of sp³-hybridized carbons (Fsp3) is 0.414. The Morgan fingerprint density at radius 2 is 1.32 bits per heavy atom. The number of nitrogens with zero attached hydrogens (tertiary/aromatic N) is 2. The number of rotatable bonds is 22. The van der Waals surface area contributed by atoms with E-state index >= 15 is 0 Å². The van der Waals surface area contributed by atoms with Crippen molar-refractivity contribution in [2.75, 3.05) is 40.8 Å². The van der Waals surface area contributed by atoms with Crippen molar-refractivity contribution >= 4 is 82.4 Å². The van der Waals surface area contributed by atoms with Crippen LogP contribution in [0.3, 0.4) is 0 Å². The number of para-hydroxylation sites is 2. The van der Waals surface area contributed by atoms with Crippen LogP contribution in [0.5, 0.6) is 17.2 Å². The SMILES string of the molecule is CCC(=O)CCC(C)(C)SSCCCC(=O)Nc1cc(COc2cc3c(cc2C)C(=O)N2c4ccccc4C[C@H]2C(S(=O)(=O)OC)C3)cc(COc2cc3c(cc2OC)C(=O)N2c4ccccc4C[C@H]2C(CS(=O)(=O)O)C3)c1. The molecule has 20 heteroatoms. The average molecular weight is 1140 g/mol. The first kappa shape index (κ1) is 56.8. The molecular weight excluding hydrogens is 1070 g/mol. The van der Waals surface area contributed by atoms with Gasteiger partial charge in [0.1, 0.15) is 30.0 Å². The molecule has 4 atom stereocenters. The zero-order valence-electron chi connectivity index (χ0n) is 44.5. The van der Waals surface area contributed by atoms with E-state index in [2.05, 4.69) is 19.2 Å². The third kappa shape index (κ3) is 12.6. The Kier molecular flexibility index (Phi) is 17.1. The molecular formula is C58H65N3O13S4. The molecule has 4 heterocycles. The topological polar surface area (TPSA) is 212 Å². The van der Waals surface area contributed by atoms with Gasteiger partial charge in [0, 0.05) is 69.9 Å². The number of aryl methyl sites for hydroxylation is 1. The molecule has 5 aromatic rings. The summed E-state index contributed by atoms with van der Waals surface area (Å²) < 4.78 is 86.0. The molecule has 5 aromatic carbocycles. The van der Waals surface area contributed by atoms with Gasteiger partial charge in [-0.15, -0.1) is 0 Å². The molecule has 0 fully saturated rings. The van der Waals surface area contributed by atoms with Gasteiger partial charge >= 0.3 is 0 Å². The lowest BCUT2D eigenvalue weighted by Crippen LogP contribution is -2.47. The van der Waals surface area contributed by atoms with Gasteiger partial charge in [-0.1, -0.05) is 64.9 Å². The van der Waals surface area contributed by atoms with Crippen LogP contribution in [0.4, 0.5) is 17.1 Å². The van der Waals surface area contributed by atoms with E-state index in [4.69, 9.17) is 18.4 Å². The number of methoxy groups -OCH3 is 1. The number of nitrogens with one attached hydrogen (secondary N) is 1. The zero-order chi connectivity index (χ0) is 55.7. The molecule has 0 aromatic heterocycles. The van der Waals surface area contributed by atoms with E-state index in [1.54, 1.807) is 67.8 Å². The largest absolute Gasteiger partial charge is 0.493 e. The molecule has 4 aliphatic heterocycles. The van der Waals surface area contributed by atoms with Gasteiger partial charge in [-0.25, -0.2) is 0 Å². The second-order valence-corrected chi connectivity index (χ2v) is 27.6. The molecule has 4 aliphatic rings. The lowest BCUT2D eigenvalue weighted by Gasteiger charge is -2.28. The first-order chi connectivity index (χ1) is 37.1. The van der Waals surface area contributed by atoms with Gasteiger partial charge in [-0.2, -0.15) is 16.8 Å². The Balaban J connectivity index is 0.974. The number of fused-ring (bicyclic) bond motifs is 8. The van der Waals surface area contributed by atoms with Crippen molar-refractivity contribution < 1.29 is 59.0 Å². The number of benzene rings is 5. The van der Waals surface area contributed by atoms with Crippen LogP contribution in [0.15, 0.2) is 91.0 Å². The van der Waals surface area contributed by atoms with Crippen LogP contribution >= 0.6 is 21.6 Å². The molecule has 2 N–H and O–H groups in total. The van der Waals surface area contributed by atoms with Crippen molar-refractivity contribution in [3.05, 3.63) is 141 Å². The lowest BCUT2D eigenvalue weighted by atomic mass is 9.91. The van der Waals surface area contributed by atoms with E-state index in [1.807, 2.05) is 68.4 Å². The van der Waals surface area contributed by atoms with Crippen LogP contribution < -0.4 is 29.3 Å².